The minimum absolute atomic E-state index is 0.0184. The third-order valence-electron chi connectivity index (χ3n) is 2.71. The summed E-state index contributed by atoms with van der Waals surface area (Å²) in [5, 5.41) is 8.73. The average molecular weight is 223 g/mol. The molecule has 0 radical (unpaired) electrons. The highest BCUT2D eigenvalue weighted by molar-refractivity contribution is 5.40. The van der Waals surface area contributed by atoms with Gasteiger partial charge in [0.25, 0.3) is 0 Å². The molecule has 0 saturated heterocycles. The van der Waals surface area contributed by atoms with E-state index in [2.05, 4.69) is 6.07 Å². The Kier molecular flexibility index (Phi) is 3.77. The summed E-state index contributed by atoms with van der Waals surface area (Å²) in [5.41, 5.74) is 7.92. The Balaban J connectivity index is 2.12. The van der Waals surface area contributed by atoms with Gasteiger partial charge in [-0.15, -0.1) is 0 Å². The molecule has 1 heterocycles. The van der Waals surface area contributed by atoms with E-state index >= 15 is 0 Å². The minimum atomic E-state index is -0.141. The molecule has 16 heavy (non-hydrogen) atoms. The number of aliphatic hydroxyl groups excluding tert-OH is 1. The van der Waals surface area contributed by atoms with Crippen LogP contribution in [-0.4, -0.2) is 31.5 Å². The van der Waals surface area contributed by atoms with Crippen LogP contribution in [0.4, 0.5) is 0 Å². The van der Waals surface area contributed by atoms with Crippen molar-refractivity contribution in [3.8, 4) is 5.75 Å². The minimum Gasteiger partial charge on any atom is -0.493 e. The molecule has 1 aliphatic rings. The molecular formula is C12H17NO3. The second kappa shape index (κ2) is 5.30. The van der Waals surface area contributed by atoms with Crippen molar-refractivity contribution in [1.29, 1.82) is 0 Å². The second-order valence-electron chi connectivity index (χ2n) is 3.78. The van der Waals surface area contributed by atoms with Gasteiger partial charge in [0, 0.05) is 13.0 Å². The van der Waals surface area contributed by atoms with E-state index in [4.69, 9.17) is 20.3 Å². The molecular weight excluding hydrogens is 206 g/mol. The van der Waals surface area contributed by atoms with Gasteiger partial charge in [0.05, 0.1) is 25.9 Å². The van der Waals surface area contributed by atoms with Gasteiger partial charge in [-0.25, -0.2) is 0 Å². The van der Waals surface area contributed by atoms with E-state index in [1.165, 1.54) is 5.56 Å². The zero-order valence-electron chi connectivity index (χ0n) is 9.19. The van der Waals surface area contributed by atoms with E-state index < -0.39 is 0 Å². The fourth-order valence-electron chi connectivity index (χ4n) is 1.90. The lowest BCUT2D eigenvalue weighted by molar-refractivity contribution is 0.0328. The van der Waals surface area contributed by atoms with Crippen LogP contribution >= 0.6 is 0 Å². The van der Waals surface area contributed by atoms with Crippen LogP contribution in [0.25, 0.3) is 0 Å². The molecule has 3 N–H and O–H groups in total. The van der Waals surface area contributed by atoms with Gasteiger partial charge in [-0.3, -0.25) is 0 Å². The van der Waals surface area contributed by atoms with Crippen molar-refractivity contribution >= 4 is 0 Å². The highest BCUT2D eigenvalue weighted by Gasteiger charge is 2.16. The fraction of sp³-hybridized carbons (Fsp3) is 0.500. The Morgan fingerprint density at radius 1 is 1.50 bits per heavy atom. The van der Waals surface area contributed by atoms with E-state index in [1.54, 1.807) is 0 Å². The van der Waals surface area contributed by atoms with Gasteiger partial charge in [-0.2, -0.15) is 0 Å². The van der Waals surface area contributed by atoms with Gasteiger partial charge in [0.2, 0.25) is 0 Å². The van der Waals surface area contributed by atoms with Crippen LogP contribution in [0.2, 0.25) is 0 Å². The molecule has 1 aliphatic heterocycles. The van der Waals surface area contributed by atoms with Crippen molar-refractivity contribution in [1.82, 2.24) is 0 Å². The zero-order valence-corrected chi connectivity index (χ0v) is 9.19. The summed E-state index contributed by atoms with van der Waals surface area (Å²) in [6.07, 6.45) is 0.804. The molecule has 0 amide bonds. The first-order valence-corrected chi connectivity index (χ1v) is 5.53. The number of aliphatic hydroxyl groups is 1. The lowest BCUT2D eigenvalue weighted by Crippen LogP contribution is -2.17. The summed E-state index contributed by atoms with van der Waals surface area (Å²) in [6, 6.07) is 6.01. The van der Waals surface area contributed by atoms with Gasteiger partial charge in [-0.1, -0.05) is 6.07 Å². The predicted octanol–water partition coefficient (Wildman–Crippen LogP) is 0.630. The lowest BCUT2D eigenvalue weighted by Gasteiger charge is -2.16. The molecule has 4 nitrogen and oxygen atoms in total. The molecule has 0 aromatic heterocycles. The number of fused-ring (bicyclic) bond motifs is 1. The number of rotatable bonds is 5. The maximum atomic E-state index is 8.73. The molecule has 0 fully saturated rings. The number of hydrogen-bond donors (Lipinski definition) is 2. The Morgan fingerprint density at radius 2 is 2.38 bits per heavy atom. The van der Waals surface area contributed by atoms with Gasteiger partial charge in [0.15, 0.2) is 0 Å². The first-order chi connectivity index (χ1) is 7.85. The number of ether oxygens (including phenoxy) is 2. The first kappa shape index (κ1) is 11.4. The predicted molar refractivity (Wildman–Crippen MR) is 60.5 cm³/mol. The molecule has 0 bridgehead atoms. The van der Waals surface area contributed by atoms with E-state index in [0.29, 0.717) is 13.2 Å². The normalized spacial score (nSPS) is 15.6. The van der Waals surface area contributed by atoms with Crippen LogP contribution in [-0.2, 0) is 11.2 Å². The number of hydrogen-bond acceptors (Lipinski definition) is 4. The van der Waals surface area contributed by atoms with Gasteiger partial charge < -0.3 is 20.3 Å². The summed E-state index contributed by atoms with van der Waals surface area (Å²) in [5.74, 6) is 0.960. The Bertz CT molecular complexity index is 354. The Labute approximate surface area is 95.0 Å². The van der Waals surface area contributed by atoms with Crippen molar-refractivity contribution in [2.24, 2.45) is 5.73 Å². The number of benzene rings is 1. The smallest absolute Gasteiger partial charge is 0.122 e. The summed E-state index contributed by atoms with van der Waals surface area (Å²) in [4.78, 5) is 0. The van der Waals surface area contributed by atoms with Crippen LogP contribution in [0.15, 0.2) is 18.2 Å². The molecule has 88 valence electrons. The summed E-state index contributed by atoms with van der Waals surface area (Å²) in [7, 11) is 0. The third-order valence-corrected chi connectivity index (χ3v) is 2.71. The van der Waals surface area contributed by atoms with Crippen molar-refractivity contribution < 1.29 is 14.6 Å². The van der Waals surface area contributed by atoms with Gasteiger partial charge in [0.1, 0.15) is 5.75 Å². The highest BCUT2D eigenvalue weighted by Crippen LogP contribution is 2.28. The average Bonchev–Trinajstić information content (AvgIpc) is 2.77. The third kappa shape index (κ3) is 2.35. The molecule has 4 heteroatoms. The van der Waals surface area contributed by atoms with Crippen molar-refractivity contribution in [2.45, 2.75) is 12.5 Å². The van der Waals surface area contributed by atoms with E-state index in [1.807, 2.05) is 12.1 Å². The quantitative estimate of drug-likeness (QED) is 0.768. The van der Waals surface area contributed by atoms with Gasteiger partial charge >= 0.3 is 0 Å². The molecule has 0 spiro atoms. The maximum Gasteiger partial charge on any atom is 0.122 e. The lowest BCUT2D eigenvalue weighted by atomic mass is 10.0. The molecule has 1 aromatic carbocycles. The van der Waals surface area contributed by atoms with Crippen LogP contribution < -0.4 is 10.5 Å². The van der Waals surface area contributed by atoms with Crippen LogP contribution in [0.5, 0.6) is 5.75 Å². The Hall–Kier alpha value is -1.10. The van der Waals surface area contributed by atoms with Crippen LogP contribution in [0.3, 0.4) is 0 Å². The van der Waals surface area contributed by atoms with E-state index in [0.717, 1.165) is 24.3 Å². The highest BCUT2D eigenvalue weighted by atomic mass is 16.5. The molecule has 1 unspecified atom stereocenters. The number of nitrogens with two attached hydrogens (primary N) is 1. The van der Waals surface area contributed by atoms with Crippen molar-refractivity contribution in [3.05, 3.63) is 29.3 Å². The monoisotopic (exact) mass is 223 g/mol. The summed E-state index contributed by atoms with van der Waals surface area (Å²) in [6.45, 7) is 1.50. The first-order valence-electron chi connectivity index (χ1n) is 5.53. The molecule has 2 rings (SSSR count). The summed E-state index contributed by atoms with van der Waals surface area (Å²) >= 11 is 0. The standard InChI is InChI=1S/C12H17NO3/c13-8-12(16-6-4-14)9-1-2-11-10(7-9)3-5-15-11/h1-2,7,12,14H,3-6,8,13H2. The van der Waals surface area contributed by atoms with Crippen molar-refractivity contribution in [3.63, 3.8) is 0 Å². The SMILES string of the molecule is NCC(OCCO)c1ccc2c(c1)CCO2. The molecule has 0 aliphatic carbocycles. The van der Waals surface area contributed by atoms with Crippen LogP contribution in [0, 0.1) is 0 Å². The van der Waals surface area contributed by atoms with E-state index in [9.17, 15) is 0 Å². The second-order valence-corrected chi connectivity index (χ2v) is 3.78. The van der Waals surface area contributed by atoms with E-state index in [-0.39, 0.29) is 12.7 Å². The summed E-state index contributed by atoms with van der Waals surface area (Å²) < 4.78 is 10.9. The molecule has 1 atom stereocenters. The molecule has 0 saturated carbocycles. The van der Waals surface area contributed by atoms with Gasteiger partial charge in [-0.05, 0) is 23.3 Å². The zero-order chi connectivity index (χ0) is 11.4. The molecule has 1 aromatic rings. The maximum absolute atomic E-state index is 8.73. The largest absolute Gasteiger partial charge is 0.493 e. The fourth-order valence-corrected chi connectivity index (χ4v) is 1.90. The van der Waals surface area contributed by atoms with Crippen molar-refractivity contribution in [2.75, 3.05) is 26.4 Å². The van der Waals surface area contributed by atoms with Crippen LogP contribution in [0.1, 0.15) is 17.2 Å². The Morgan fingerprint density at radius 3 is 3.12 bits per heavy atom. The topological polar surface area (TPSA) is 64.7 Å².